The highest BCUT2D eigenvalue weighted by Gasteiger charge is 2.45. The number of carbonyl (C=O) groups is 6. The number of nitrogens with zero attached hydrogens (tertiary/aromatic N) is 6. The number of alkyl halides is 3. The van der Waals surface area contributed by atoms with Crippen molar-refractivity contribution in [3.05, 3.63) is 135 Å². The standard InChI is InChI=1S/C49H46F3N7O6/c1-31-13-15-35(28-34(31)17-18-37-29-53-42-11-7-21-54-59(37)42)41(60)27-32-14-16-36(39(26-32)49(50,51)52)30-56-22-24-57(25-23-56)44(62)12-5-3-2-4-8-33-9-6-10-38-45(33)48(65)58(47(38)64)40-19-20-43(61)55-46(40)63/h6-7,9-11,13-16,21,26,28-29,40H,2-5,8,12,19-20,22-25,27,30H2,1H3,(H,55,61,63). The molecule has 13 nitrogen and oxygen atoms in total. The summed E-state index contributed by atoms with van der Waals surface area (Å²) in [7, 11) is 0. The van der Waals surface area contributed by atoms with Crippen LogP contribution >= 0.6 is 0 Å². The van der Waals surface area contributed by atoms with Crippen molar-refractivity contribution in [2.24, 2.45) is 0 Å². The number of halogens is 3. The molecular weight excluding hydrogens is 840 g/mol. The zero-order valence-corrected chi connectivity index (χ0v) is 35.7. The van der Waals surface area contributed by atoms with Gasteiger partial charge in [-0.3, -0.25) is 43.9 Å². The first-order chi connectivity index (χ1) is 31.2. The molecule has 5 amide bonds. The molecule has 3 aromatic carbocycles. The molecule has 5 heterocycles. The molecule has 2 saturated heterocycles. The van der Waals surface area contributed by atoms with E-state index in [9.17, 15) is 41.9 Å². The maximum Gasteiger partial charge on any atom is 0.416 e. The van der Waals surface area contributed by atoms with E-state index in [2.05, 4.69) is 27.2 Å². The van der Waals surface area contributed by atoms with Crippen molar-refractivity contribution in [2.45, 2.75) is 83.5 Å². The van der Waals surface area contributed by atoms with Gasteiger partial charge in [0.05, 0.1) is 22.9 Å². The number of nitrogens with one attached hydrogen (secondary N) is 1. The Morgan fingerprint density at radius 2 is 1.66 bits per heavy atom. The predicted octanol–water partition coefficient (Wildman–Crippen LogP) is 6.12. The van der Waals surface area contributed by atoms with Gasteiger partial charge in [-0.1, -0.05) is 55.2 Å². The Morgan fingerprint density at radius 3 is 2.45 bits per heavy atom. The van der Waals surface area contributed by atoms with Crippen LogP contribution in [-0.4, -0.2) is 96.8 Å². The number of Topliss-reactive ketones (excluding diaryl/α,β-unsaturated/α-hetero) is 1. The quantitative estimate of drug-likeness (QED) is 0.0638. The molecule has 1 atom stereocenters. The second kappa shape index (κ2) is 19.0. The lowest BCUT2D eigenvalue weighted by Crippen LogP contribution is -2.54. The lowest BCUT2D eigenvalue weighted by molar-refractivity contribution is -0.139. The number of carbonyl (C=O) groups excluding carboxylic acids is 6. The molecule has 65 heavy (non-hydrogen) atoms. The van der Waals surface area contributed by atoms with E-state index < -0.39 is 41.4 Å². The Labute approximate surface area is 373 Å². The Kier molecular flexibility index (Phi) is 13.0. The highest BCUT2D eigenvalue weighted by atomic mass is 19.4. The summed E-state index contributed by atoms with van der Waals surface area (Å²) in [5.41, 5.74) is 3.83. The lowest BCUT2D eigenvalue weighted by atomic mass is 9.96. The second-order valence-electron chi connectivity index (χ2n) is 16.7. The fourth-order valence-electron chi connectivity index (χ4n) is 8.69. The first-order valence-electron chi connectivity index (χ1n) is 21.7. The van der Waals surface area contributed by atoms with Crippen LogP contribution in [0.5, 0.6) is 0 Å². The number of aryl methyl sites for hydroxylation is 2. The number of ketones is 1. The number of hydrogen-bond acceptors (Lipinski definition) is 9. The second-order valence-corrected chi connectivity index (χ2v) is 16.7. The van der Waals surface area contributed by atoms with Crippen LogP contribution < -0.4 is 5.32 Å². The van der Waals surface area contributed by atoms with Gasteiger partial charge in [0.2, 0.25) is 17.7 Å². The number of aromatic nitrogens is 3. The molecule has 0 spiro atoms. The maximum absolute atomic E-state index is 14.4. The minimum atomic E-state index is -4.64. The Bertz CT molecular complexity index is 2780. The summed E-state index contributed by atoms with van der Waals surface area (Å²) in [6.07, 6.45) is 2.30. The van der Waals surface area contributed by atoms with Crippen LogP contribution in [0, 0.1) is 18.8 Å². The first-order valence-corrected chi connectivity index (χ1v) is 21.7. The molecule has 0 bridgehead atoms. The van der Waals surface area contributed by atoms with Crippen LogP contribution in [0.15, 0.2) is 79.1 Å². The van der Waals surface area contributed by atoms with Gasteiger partial charge in [0.25, 0.3) is 11.8 Å². The summed E-state index contributed by atoms with van der Waals surface area (Å²) in [5, 5.41) is 6.47. The number of imidazole rings is 1. The molecule has 2 aromatic heterocycles. The molecule has 0 aliphatic carbocycles. The molecule has 1 unspecified atom stereocenters. The molecule has 3 aliphatic heterocycles. The van der Waals surface area contributed by atoms with E-state index in [0.29, 0.717) is 85.5 Å². The number of amides is 5. The van der Waals surface area contributed by atoms with Crippen LogP contribution in [0.2, 0.25) is 0 Å². The van der Waals surface area contributed by atoms with Crippen molar-refractivity contribution in [1.82, 2.24) is 34.6 Å². The zero-order valence-electron chi connectivity index (χ0n) is 35.7. The molecule has 8 rings (SSSR count). The van der Waals surface area contributed by atoms with Gasteiger partial charge in [-0.15, -0.1) is 0 Å². The average Bonchev–Trinajstić information content (AvgIpc) is 3.82. The number of unbranched alkanes of at least 4 members (excludes halogenated alkanes) is 3. The maximum atomic E-state index is 14.4. The van der Waals surface area contributed by atoms with E-state index >= 15 is 0 Å². The molecule has 2 fully saturated rings. The molecule has 16 heteroatoms. The van der Waals surface area contributed by atoms with Gasteiger partial charge in [0.1, 0.15) is 11.7 Å². The topological polar surface area (TPSA) is 154 Å². The smallest absolute Gasteiger partial charge is 0.340 e. The molecule has 1 N–H and O–H groups in total. The number of piperidine rings is 1. The Hall–Kier alpha value is -6.99. The van der Waals surface area contributed by atoms with Crippen molar-refractivity contribution < 1.29 is 41.9 Å². The van der Waals surface area contributed by atoms with Crippen molar-refractivity contribution in [2.75, 3.05) is 26.2 Å². The van der Waals surface area contributed by atoms with Crippen molar-refractivity contribution >= 4 is 41.0 Å². The van der Waals surface area contributed by atoms with Gasteiger partial charge in [-0.05, 0) is 91.1 Å². The number of benzene rings is 3. The van der Waals surface area contributed by atoms with Gasteiger partial charge in [-0.2, -0.15) is 18.3 Å². The van der Waals surface area contributed by atoms with Gasteiger partial charge >= 0.3 is 6.18 Å². The zero-order chi connectivity index (χ0) is 45.8. The fraction of sp³-hybridized carbons (Fsp3) is 0.347. The molecule has 0 saturated carbocycles. The van der Waals surface area contributed by atoms with Crippen molar-refractivity contribution in [3.63, 3.8) is 0 Å². The van der Waals surface area contributed by atoms with Crippen molar-refractivity contribution in [3.8, 4) is 11.8 Å². The molecule has 3 aliphatic rings. The van der Waals surface area contributed by atoms with E-state index in [4.69, 9.17) is 0 Å². The number of piperazine rings is 1. The normalized spacial score (nSPS) is 16.7. The van der Waals surface area contributed by atoms with Crippen LogP contribution in [0.25, 0.3) is 5.65 Å². The highest BCUT2D eigenvalue weighted by Crippen LogP contribution is 2.34. The monoisotopic (exact) mass is 885 g/mol. The average molecular weight is 886 g/mol. The number of rotatable bonds is 13. The van der Waals surface area contributed by atoms with Crippen LogP contribution in [0.3, 0.4) is 0 Å². The van der Waals surface area contributed by atoms with Crippen LogP contribution in [0.4, 0.5) is 13.2 Å². The van der Waals surface area contributed by atoms with Crippen LogP contribution in [0.1, 0.15) is 115 Å². The van der Waals surface area contributed by atoms with E-state index in [1.165, 1.54) is 6.07 Å². The number of fused-ring (bicyclic) bond motifs is 2. The Balaban J connectivity index is 0.791. The number of hydrogen-bond donors (Lipinski definition) is 1. The van der Waals surface area contributed by atoms with E-state index in [-0.39, 0.29) is 54.2 Å². The van der Waals surface area contributed by atoms with Gasteiger partial charge in [0, 0.05) is 69.3 Å². The molecule has 334 valence electrons. The van der Waals surface area contributed by atoms with Gasteiger partial charge in [0.15, 0.2) is 11.4 Å². The van der Waals surface area contributed by atoms with E-state index in [1.54, 1.807) is 76.4 Å². The highest BCUT2D eigenvalue weighted by molar-refractivity contribution is 6.24. The summed E-state index contributed by atoms with van der Waals surface area (Å²) >= 11 is 0. The summed E-state index contributed by atoms with van der Waals surface area (Å²) in [4.78, 5) is 85.9. The third-order valence-corrected chi connectivity index (χ3v) is 12.3. The van der Waals surface area contributed by atoms with Gasteiger partial charge in [-0.25, -0.2) is 9.50 Å². The van der Waals surface area contributed by atoms with Gasteiger partial charge < -0.3 is 4.90 Å². The molecule has 0 radical (unpaired) electrons. The summed E-state index contributed by atoms with van der Waals surface area (Å²) in [6, 6.07) is 16.8. The number of imide groups is 2. The SMILES string of the molecule is Cc1ccc(C(=O)Cc2ccc(CN3CCN(C(=O)CCCCCCc4cccc5c4C(=O)N(C4CCC(=O)NC4=O)C5=O)CC3)c(C(F)(F)F)c2)cc1C#Cc1cnc2cccnn12. The van der Waals surface area contributed by atoms with E-state index in [1.807, 2.05) is 11.8 Å². The minimum Gasteiger partial charge on any atom is -0.340 e. The summed E-state index contributed by atoms with van der Waals surface area (Å²) in [6.45, 7) is 3.53. The minimum absolute atomic E-state index is 0.00912. The van der Waals surface area contributed by atoms with Crippen LogP contribution in [-0.2, 0) is 39.9 Å². The Morgan fingerprint density at radius 1 is 0.862 bits per heavy atom. The summed E-state index contributed by atoms with van der Waals surface area (Å²) in [5.74, 6) is 3.63. The fourth-order valence-corrected chi connectivity index (χ4v) is 8.69. The molecule has 5 aromatic rings. The predicted molar refractivity (Wildman–Crippen MR) is 231 cm³/mol. The summed E-state index contributed by atoms with van der Waals surface area (Å²) < 4.78 is 44.9. The lowest BCUT2D eigenvalue weighted by Gasteiger charge is -2.35. The third-order valence-electron chi connectivity index (χ3n) is 12.3. The third kappa shape index (κ3) is 9.90. The first kappa shape index (κ1) is 44.6. The van der Waals surface area contributed by atoms with Crippen molar-refractivity contribution in [1.29, 1.82) is 0 Å². The largest absolute Gasteiger partial charge is 0.416 e. The molecular formula is C49H46F3N7O6. The van der Waals surface area contributed by atoms with E-state index in [0.717, 1.165) is 29.4 Å².